The van der Waals surface area contributed by atoms with E-state index in [-0.39, 0.29) is 11.5 Å². The third kappa shape index (κ3) is 1.46. The van der Waals surface area contributed by atoms with Gasteiger partial charge in [-0.25, -0.2) is 0 Å². The van der Waals surface area contributed by atoms with Crippen LogP contribution in [-0.2, 0) is 0 Å². The summed E-state index contributed by atoms with van der Waals surface area (Å²) < 4.78 is 1.73. The lowest BCUT2D eigenvalue weighted by molar-refractivity contribution is 0.142. The Morgan fingerprint density at radius 3 is 1.89 bits per heavy atom. The Hall–Kier alpha value is -2.36. The fourth-order valence-electron chi connectivity index (χ4n) is 2.23. The summed E-state index contributed by atoms with van der Waals surface area (Å²) in [6.07, 6.45) is 0. The van der Waals surface area contributed by atoms with Crippen LogP contribution in [0.3, 0.4) is 0 Å². The van der Waals surface area contributed by atoms with Crippen LogP contribution in [0.4, 0.5) is 0 Å². The van der Waals surface area contributed by atoms with E-state index in [0.29, 0.717) is 6.61 Å². The van der Waals surface area contributed by atoms with Crippen molar-refractivity contribution in [1.29, 1.82) is 0 Å². The highest BCUT2D eigenvalue weighted by Gasteiger charge is 2.12. The van der Waals surface area contributed by atoms with Crippen LogP contribution in [0.5, 0.6) is 11.5 Å². The summed E-state index contributed by atoms with van der Waals surface area (Å²) in [6, 6.07) is 10.2. The van der Waals surface area contributed by atoms with Crippen molar-refractivity contribution >= 4 is 21.8 Å². The average molecular weight is 243 g/mol. The first-order valence-corrected chi connectivity index (χ1v) is 5.80. The highest BCUT2D eigenvalue weighted by atomic mass is 16.7. The van der Waals surface area contributed by atoms with E-state index in [2.05, 4.69) is 0 Å². The van der Waals surface area contributed by atoms with Crippen LogP contribution in [0, 0.1) is 0 Å². The minimum atomic E-state index is 0.196. The van der Waals surface area contributed by atoms with Crippen molar-refractivity contribution < 1.29 is 15.1 Å². The third-order valence-electron chi connectivity index (χ3n) is 2.95. The second-order valence-electron chi connectivity index (χ2n) is 4.12. The first kappa shape index (κ1) is 10.8. The smallest absolute Gasteiger partial charge is 0.116 e. The molecule has 3 aromatic rings. The molecule has 0 aliphatic rings. The summed E-state index contributed by atoms with van der Waals surface area (Å²) in [7, 11) is 0. The normalized spacial score (nSPS) is 11.2. The Kier molecular flexibility index (Phi) is 2.30. The first-order chi connectivity index (χ1) is 8.70. The summed E-state index contributed by atoms with van der Waals surface area (Å²) in [6.45, 7) is 2.46. The number of phenolic OH excluding ortho intramolecular Hbond substituents is 2. The van der Waals surface area contributed by atoms with Gasteiger partial charge in [0.05, 0.1) is 11.0 Å². The van der Waals surface area contributed by atoms with E-state index in [1.54, 1.807) is 41.1 Å². The lowest BCUT2D eigenvalue weighted by Gasteiger charge is -2.06. The quantitative estimate of drug-likeness (QED) is 0.727. The molecule has 2 aromatic carbocycles. The molecule has 0 spiro atoms. The van der Waals surface area contributed by atoms with Crippen molar-refractivity contribution in [1.82, 2.24) is 4.73 Å². The van der Waals surface area contributed by atoms with Crippen molar-refractivity contribution in [2.75, 3.05) is 6.61 Å². The van der Waals surface area contributed by atoms with Crippen LogP contribution in [-0.4, -0.2) is 21.6 Å². The van der Waals surface area contributed by atoms with E-state index in [4.69, 9.17) is 4.84 Å². The SMILES string of the molecule is CCOn1c2ccc(O)cc2c2cc(O)ccc21. The zero-order valence-corrected chi connectivity index (χ0v) is 9.92. The van der Waals surface area contributed by atoms with Crippen LogP contribution < -0.4 is 4.84 Å². The van der Waals surface area contributed by atoms with Gasteiger partial charge in [0.25, 0.3) is 0 Å². The summed E-state index contributed by atoms with van der Waals surface area (Å²) in [5.41, 5.74) is 1.74. The molecule has 0 aliphatic heterocycles. The number of hydrogen-bond acceptors (Lipinski definition) is 3. The van der Waals surface area contributed by atoms with E-state index < -0.39 is 0 Å². The van der Waals surface area contributed by atoms with Gasteiger partial charge in [0.1, 0.15) is 18.1 Å². The van der Waals surface area contributed by atoms with Crippen molar-refractivity contribution in [3.63, 3.8) is 0 Å². The molecule has 0 saturated heterocycles. The van der Waals surface area contributed by atoms with Crippen LogP contribution in [0.1, 0.15) is 6.92 Å². The van der Waals surface area contributed by atoms with Crippen molar-refractivity contribution in [2.24, 2.45) is 0 Å². The van der Waals surface area contributed by atoms with Gasteiger partial charge >= 0.3 is 0 Å². The number of phenols is 2. The average Bonchev–Trinajstić information content (AvgIpc) is 2.64. The minimum Gasteiger partial charge on any atom is -0.508 e. The second kappa shape index (κ2) is 3.84. The maximum absolute atomic E-state index is 9.59. The van der Waals surface area contributed by atoms with Crippen LogP contribution >= 0.6 is 0 Å². The first-order valence-electron chi connectivity index (χ1n) is 5.80. The van der Waals surface area contributed by atoms with Gasteiger partial charge < -0.3 is 15.1 Å². The van der Waals surface area contributed by atoms with E-state index in [0.717, 1.165) is 21.8 Å². The molecule has 0 radical (unpaired) electrons. The Balaban J connectivity index is 2.48. The van der Waals surface area contributed by atoms with Crippen molar-refractivity contribution in [3.8, 4) is 11.5 Å². The molecule has 0 unspecified atom stereocenters. The number of rotatable bonds is 2. The number of nitrogens with zero attached hydrogens (tertiary/aromatic N) is 1. The molecule has 18 heavy (non-hydrogen) atoms. The number of fused-ring (bicyclic) bond motifs is 3. The van der Waals surface area contributed by atoms with Gasteiger partial charge in [-0.15, -0.1) is 0 Å². The predicted octanol–water partition coefficient (Wildman–Crippen LogP) is 2.65. The number of hydrogen-bond donors (Lipinski definition) is 2. The molecule has 0 fully saturated rings. The Bertz CT molecular complexity index is 671. The maximum atomic E-state index is 9.59. The molecule has 4 heteroatoms. The molecular weight excluding hydrogens is 230 g/mol. The zero-order chi connectivity index (χ0) is 12.7. The standard InChI is InChI=1S/C14H13NO3/c1-2-18-15-13-5-3-9(16)7-11(13)12-8-10(17)4-6-14(12)15/h3-8,16-17H,2H2,1H3. The fourth-order valence-corrected chi connectivity index (χ4v) is 2.23. The predicted molar refractivity (Wildman–Crippen MR) is 69.9 cm³/mol. The Labute approximate surface area is 104 Å². The molecule has 0 aliphatic carbocycles. The van der Waals surface area contributed by atoms with E-state index in [1.165, 1.54) is 0 Å². The molecule has 1 aromatic heterocycles. The van der Waals surface area contributed by atoms with Crippen LogP contribution in [0.25, 0.3) is 21.8 Å². The highest BCUT2D eigenvalue weighted by molar-refractivity contribution is 6.08. The van der Waals surface area contributed by atoms with E-state index in [9.17, 15) is 10.2 Å². The van der Waals surface area contributed by atoms with Gasteiger partial charge in [-0.05, 0) is 43.3 Å². The zero-order valence-electron chi connectivity index (χ0n) is 9.92. The molecule has 0 atom stereocenters. The molecule has 92 valence electrons. The van der Waals surface area contributed by atoms with E-state index in [1.807, 2.05) is 6.92 Å². The van der Waals surface area contributed by atoms with Gasteiger partial charge in [0.2, 0.25) is 0 Å². The second-order valence-corrected chi connectivity index (χ2v) is 4.12. The molecule has 4 nitrogen and oxygen atoms in total. The van der Waals surface area contributed by atoms with Gasteiger partial charge in [-0.3, -0.25) is 0 Å². The van der Waals surface area contributed by atoms with Crippen molar-refractivity contribution in [3.05, 3.63) is 36.4 Å². The van der Waals surface area contributed by atoms with Crippen LogP contribution in [0.2, 0.25) is 0 Å². The van der Waals surface area contributed by atoms with Gasteiger partial charge in [0, 0.05) is 10.8 Å². The summed E-state index contributed by atoms with van der Waals surface area (Å²) >= 11 is 0. The monoisotopic (exact) mass is 243 g/mol. The maximum Gasteiger partial charge on any atom is 0.116 e. The van der Waals surface area contributed by atoms with Crippen molar-refractivity contribution in [2.45, 2.75) is 6.92 Å². The lowest BCUT2D eigenvalue weighted by Crippen LogP contribution is -2.09. The molecular formula is C14H13NO3. The fraction of sp³-hybridized carbons (Fsp3) is 0.143. The van der Waals surface area contributed by atoms with Gasteiger partial charge in [0.15, 0.2) is 0 Å². The van der Waals surface area contributed by atoms with Gasteiger partial charge in [-0.1, -0.05) is 0 Å². The summed E-state index contributed by atoms with van der Waals surface area (Å²) in [4.78, 5) is 5.61. The topological polar surface area (TPSA) is 54.6 Å². The third-order valence-corrected chi connectivity index (χ3v) is 2.95. The van der Waals surface area contributed by atoms with Crippen LogP contribution in [0.15, 0.2) is 36.4 Å². The Morgan fingerprint density at radius 1 is 0.944 bits per heavy atom. The Morgan fingerprint density at radius 2 is 1.44 bits per heavy atom. The largest absolute Gasteiger partial charge is 0.508 e. The molecule has 1 heterocycles. The lowest BCUT2D eigenvalue weighted by atomic mass is 10.1. The number of benzene rings is 2. The number of aromatic hydroxyl groups is 2. The summed E-state index contributed by atoms with van der Waals surface area (Å²) in [5.74, 6) is 0.391. The molecule has 2 N–H and O–H groups in total. The molecule has 3 rings (SSSR count). The highest BCUT2D eigenvalue weighted by Crippen LogP contribution is 2.32. The summed E-state index contributed by atoms with van der Waals surface area (Å²) in [5, 5.41) is 20.9. The van der Waals surface area contributed by atoms with Gasteiger partial charge in [-0.2, -0.15) is 4.73 Å². The molecule has 0 bridgehead atoms. The molecule has 0 amide bonds. The number of aromatic nitrogens is 1. The molecule has 0 saturated carbocycles. The minimum absolute atomic E-state index is 0.196. The van der Waals surface area contributed by atoms with E-state index >= 15 is 0 Å².